The lowest BCUT2D eigenvalue weighted by atomic mass is 10.1. The SMILES string of the molecule is N=C(N)c1ccccc1C=CCBr. The van der Waals surface area contributed by atoms with Crippen molar-refractivity contribution < 1.29 is 0 Å². The highest BCUT2D eigenvalue weighted by Gasteiger charge is 1.99. The molecule has 0 aromatic heterocycles. The first-order valence-corrected chi connectivity index (χ1v) is 5.04. The predicted molar refractivity (Wildman–Crippen MR) is 60.3 cm³/mol. The van der Waals surface area contributed by atoms with Gasteiger partial charge < -0.3 is 5.73 Å². The second kappa shape index (κ2) is 4.82. The molecule has 0 aliphatic carbocycles. The Labute approximate surface area is 86.1 Å². The largest absolute Gasteiger partial charge is 0.384 e. The van der Waals surface area contributed by atoms with Gasteiger partial charge in [-0.15, -0.1) is 0 Å². The summed E-state index contributed by atoms with van der Waals surface area (Å²) in [5.74, 6) is 0.106. The second-order valence-electron chi connectivity index (χ2n) is 2.56. The van der Waals surface area contributed by atoms with E-state index in [0.29, 0.717) is 0 Å². The highest BCUT2D eigenvalue weighted by Crippen LogP contribution is 2.09. The number of benzene rings is 1. The predicted octanol–water partition coefficient (Wildman–Crippen LogP) is 2.38. The average molecular weight is 239 g/mol. The highest BCUT2D eigenvalue weighted by atomic mass is 79.9. The van der Waals surface area contributed by atoms with Gasteiger partial charge in [0.25, 0.3) is 0 Å². The molecule has 13 heavy (non-hydrogen) atoms. The molecule has 0 heterocycles. The summed E-state index contributed by atoms with van der Waals surface area (Å²) in [4.78, 5) is 0. The molecule has 0 aliphatic rings. The molecule has 0 spiro atoms. The lowest BCUT2D eigenvalue weighted by molar-refractivity contribution is 1.42. The van der Waals surface area contributed by atoms with Gasteiger partial charge in [0.1, 0.15) is 5.84 Å². The van der Waals surface area contributed by atoms with E-state index in [-0.39, 0.29) is 5.84 Å². The third kappa shape index (κ3) is 2.70. The number of nitrogens with one attached hydrogen (secondary N) is 1. The van der Waals surface area contributed by atoms with E-state index in [2.05, 4.69) is 15.9 Å². The summed E-state index contributed by atoms with van der Waals surface area (Å²) >= 11 is 3.30. The summed E-state index contributed by atoms with van der Waals surface area (Å²) in [6.07, 6.45) is 3.92. The van der Waals surface area contributed by atoms with Gasteiger partial charge in [-0.2, -0.15) is 0 Å². The Morgan fingerprint density at radius 2 is 2.15 bits per heavy atom. The van der Waals surface area contributed by atoms with Crippen LogP contribution in [0.2, 0.25) is 0 Å². The van der Waals surface area contributed by atoms with E-state index < -0.39 is 0 Å². The lowest BCUT2D eigenvalue weighted by Gasteiger charge is -2.02. The van der Waals surface area contributed by atoms with E-state index in [1.807, 2.05) is 36.4 Å². The molecule has 0 saturated carbocycles. The Balaban J connectivity index is 3.05. The Hall–Kier alpha value is -1.09. The van der Waals surface area contributed by atoms with Gasteiger partial charge in [0.2, 0.25) is 0 Å². The van der Waals surface area contributed by atoms with Crippen LogP contribution in [-0.2, 0) is 0 Å². The van der Waals surface area contributed by atoms with Crippen LogP contribution in [0, 0.1) is 5.41 Å². The zero-order valence-corrected chi connectivity index (χ0v) is 8.71. The van der Waals surface area contributed by atoms with Crippen molar-refractivity contribution in [2.45, 2.75) is 0 Å². The summed E-state index contributed by atoms with van der Waals surface area (Å²) in [6, 6.07) is 7.59. The van der Waals surface area contributed by atoms with Crippen molar-refractivity contribution in [3.8, 4) is 0 Å². The molecule has 3 N–H and O–H groups in total. The number of hydrogen-bond acceptors (Lipinski definition) is 1. The summed E-state index contributed by atoms with van der Waals surface area (Å²) in [7, 11) is 0. The highest BCUT2D eigenvalue weighted by molar-refractivity contribution is 9.09. The molecule has 0 fully saturated rings. The smallest absolute Gasteiger partial charge is 0.123 e. The van der Waals surface area contributed by atoms with Crippen LogP contribution in [0.25, 0.3) is 6.08 Å². The quantitative estimate of drug-likeness (QED) is 0.475. The molecule has 1 aromatic rings. The first kappa shape index (κ1) is 9.99. The Kier molecular flexibility index (Phi) is 3.71. The number of allylic oxidation sites excluding steroid dienone is 1. The normalized spacial score (nSPS) is 10.5. The van der Waals surface area contributed by atoms with Gasteiger partial charge in [-0.3, -0.25) is 5.41 Å². The van der Waals surface area contributed by atoms with Crippen molar-refractivity contribution in [2.75, 3.05) is 5.33 Å². The van der Waals surface area contributed by atoms with Crippen LogP contribution in [0.1, 0.15) is 11.1 Å². The Morgan fingerprint density at radius 3 is 2.77 bits per heavy atom. The number of nitrogens with two attached hydrogens (primary N) is 1. The van der Waals surface area contributed by atoms with Crippen molar-refractivity contribution in [3.05, 3.63) is 41.5 Å². The molecular weight excluding hydrogens is 228 g/mol. The minimum Gasteiger partial charge on any atom is -0.384 e. The van der Waals surface area contributed by atoms with Crippen LogP contribution in [0.3, 0.4) is 0 Å². The zero-order valence-electron chi connectivity index (χ0n) is 7.13. The van der Waals surface area contributed by atoms with Gasteiger partial charge in [0.05, 0.1) is 0 Å². The van der Waals surface area contributed by atoms with E-state index in [1.165, 1.54) is 0 Å². The van der Waals surface area contributed by atoms with Crippen LogP contribution < -0.4 is 5.73 Å². The second-order valence-corrected chi connectivity index (χ2v) is 3.21. The van der Waals surface area contributed by atoms with Gasteiger partial charge >= 0.3 is 0 Å². The molecule has 0 saturated heterocycles. The topological polar surface area (TPSA) is 49.9 Å². The fraction of sp³-hybridized carbons (Fsp3) is 0.100. The molecule has 0 aliphatic heterocycles. The number of amidine groups is 1. The maximum Gasteiger partial charge on any atom is 0.123 e. The van der Waals surface area contributed by atoms with Crippen molar-refractivity contribution in [2.24, 2.45) is 5.73 Å². The van der Waals surface area contributed by atoms with Crippen molar-refractivity contribution >= 4 is 27.8 Å². The van der Waals surface area contributed by atoms with Gasteiger partial charge in [0.15, 0.2) is 0 Å². The van der Waals surface area contributed by atoms with E-state index >= 15 is 0 Å². The first-order valence-electron chi connectivity index (χ1n) is 3.91. The van der Waals surface area contributed by atoms with E-state index in [0.717, 1.165) is 16.5 Å². The van der Waals surface area contributed by atoms with Crippen LogP contribution in [-0.4, -0.2) is 11.2 Å². The Bertz CT molecular complexity index is 331. The van der Waals surface area contributed by atoms with Crippen LogP contribution >= 0.6 is 15.9 Å². The summed E-state index contributed by atoms with van der Waals surface area (Å²) in [5.41, 5.74) is 7.18. The van der Waals surface area contributed by atoms with E-state index in [4.69, 9.17) is 11.1 Å². The number of nitrogen functional groups attached to an aromatic ring is 1. The van der Waals surface area contributed by atoms with Crippen molar-refractivity contribution in [3.63, 3.8) is 0 Å². The minimum atomic E-state index is 0.106. The molecule has 0 unspecified atom stereocenters. The number of rotatable bonds is 3. The van der Waals surface area contributed by atoms with Crippen LogP contribution in [0.5, 0.6) is 0 Å². The van der Waals surface area contributed by atoms with Gasteiger partial charge in [-0.05, 0) is 5.56 Å². The summed E-state index contributed by atoms with van der Waals surface area (Å²) in [5, 5.41) is 8.15. The van der Waals surface area contributed by atoms with Crippen molar-refractivity contribution in [1.29, 1.82) is 5.41 Å². The Morgan fingerprint density at radius 1 is 1.46 bits per heavy atom. The third-order valence-electron chi connectivity index (χ3n) is 1.64. The van der Waals surface area contributed by atoms with E-state index in [9.17, 15) is 0 Å². The van der Waals surface area contributed by atoms with Crippen LogP contribution in [0.4, 0.5) is 0 Å². The first-order chi connectivity index (χ1) is 6.25. The van der Waals surface area contributed by atoms with Crippen molar-refractivity contribution in [1.82, 2.24) is 0 Å². The van der Waals surface area contributed by atoms with Crippen LogP contribution in [0.15, 0.2) is 30.3 Å². The molecule has 0 bridgehead atoms. The molecule has 3 heteroatoms. The lowest BCUT2D eigenvalue weighted by Crippen LogP contribution is -2.12. The molecule has 68 valence electrons. The molecule has 1 aromatic carbocycles. The summed E-state index contributed by atoms with van der Waals surface area (Å²) in [6.45, 7) is 0. The average Bonchev–Trinajstić information content (AvgIpc) is 2.15. The molecule has 0 atom stereocenters. The molecule has 2 nitrogen and oxygen atoms in total. The summed E-state index contributed by atoms with van der Waals surface area (Å²) < 4.78 is 0. The third-order valence-corrected chi connectivity index (χ3v) is 2.01. The standard InChI is InChI=1S/C10H11BrN2/c11-7-3-5-8-4-1-2-6-9(8)10(12)13/h1-6H,7H2,(H3,12,13). The molecular formula is C10H11BrN2. The number of hydrogen-bond donors (Lipinski definition) is 2. The maximum absolute atomic E-state index is 7.34. The number of alkyl halides is 1. The van der Waals surface area contributed by atoms with Gasteiger partial charge in [-0.1, -0.05) is 52.3 Å². The fourth-order valence-electron chi connectivity index (χ4n) is 1.06. The fourth-order valence-corrected chi connectivity index (χ4v) is 1.25. The zero-order chi connectivity index (χ0) is 9.68. The molecule has 0 amide bonds. The number of halogens is 1. The monoisotopic (exact) mass is 238 g/mol. The maximum atomic E-state index is 7.34. The molecule has 1 rings (SSSR count). The van der Waals surface area contributed by atoms with Gasteiger partial charge in [-0.25, -0.2) is 0 Å². The minimum absolute atomic E-state index is 0.106. The van der Waals surface area contributed by atoms with E-state index in [1.54, 1.807) is 0 Å². The molecule has 0 radical (unpaired) electrons. The van der Waals surface area contributed by atoms with Gasteiger partial charge in [0, 0.05) is 10.9 Å².